The van der Waals surface area contributed by atoms with Crippen LogP contribution in [0.25, 0.3) is 0 Å². The van der Waals surface area contributed by atoms with Crippen molar-refractivity contribution in [1.29, 1.82) is 0 Å². The quantitative estimate of drug-likeness (QED) is 0.854. The van der Waals surface area contributed by atoms with Gasteiger partial charge in [0.1, 0.15) is 11.6 Å². The van der Waals surface area contributed by atoms with Gasteiger partial charge in [-0.2, -0.15) is 0 Å². The van der Waals surface area contributed by atoms with E-state index in [1.807, 2.05) is 0 Å². The Labute approximate surface area is 121 Å². The fraction of sp³-hybridized carbons (Fsp3) is 0.188. The predicted molar refractivity (Wildman–Crippen MR) is 75.8 cm³/mol. The number of hydrogen-bond acceptors (Lipinski definition) is 3. The van der Waals surface area contributed by atoms with E-state index in [4.69, 9.17) is 4.74 Å². The Morgan fingerprint density at radius 2 is 1.86 bits per heavy atom. The molecule has 0 aliphatic carbocycles. The standard InChI is InChI=1S/C16H15F2NO2/c1-2-21-16(20)15(11-4-3-5-13(18)10-11)19-14-8-6-12(17)7-9-14/h3-10,15,19H,2H2,1H3. The van der Waals surface area contributed by atoms with Gasteiger partial charge < -0.3 is 10.1 Å². The van der Waals surface area contributed by atoms with Crippen LogP contribution in [-0.2, 0) is 9.53 Å². The molecule has 0 radical (unpaired) electrons. The van der Waals surface area contributed by atoms with Crippen LogP contribution >= 0.6 is 0 Å². The number of esters is 1. The molecule has 1 atom stereocenters. The summed E-state index contributed by atoms with van der Waals surface area (Å²) in [6, 6.07) is 10.4. The normalized spacial score (nSPS) is 11.8. The first-order valence-electron chi connectivity index (χ1n) is 6.54. The fourth-order valence-corrected chi connectivity index (χ4v) is 1.90. The van der Waals surface area contributed by atoms with Crippen molar-refractivity contribution in [1.82, 2.24) is 0 Å². The Hall–Kier alpha value is -2.43. The number of halogens is 2. The van der Waals surface area contributed by atoms with E-state index in [0.717, 1.165) is 0 Å². The highest BCUT2D eigenvalue weighted by molar-refractivity contribution is 5.81. The highest BCUT2D eigenvalue weighted by Crippen LogP contribution is 2.22. The lowest BCUT2D eigenvalue weighted by atomic mass is 10.1. The van der Waals surface area contributed by atoms with E-state index in [0.29, 0.717) is 11.3 Å². The molecule has 0 aliphatic heterocycles. The number of carbonyl (C=O) groups is 1. The molecule has 0 bridgehead atoms. The summed E-state index contributed by atoms with van der Waals surface area (Å²) in [7, 11) is 0. The van der Waals surface area contributed by atoms with Crippen molar-refractivity contribution in [2.75, 3.05) is 11.9 Å². The minimum atomic E-state index is -0.855. The third-order valence-corrected chi connectivity index (χ3v) is 2.86. The lowest BCUT2D eigenvalue weighted by Gasteiger charge is -2.19. The minimum Gasteiger partial charge on any atom is -0.464 e. The molecule has 0 saturated heterocycles. The Morgan fingerprint density at radius 3 is 2.48 bits per heavy atom. The average molecular weight is 291 g/mol. The molecule has 0 heterocycles. The summed E-state index contributed by atoms with van der Waals surface area (Å²) in [6.07, 6.45) is 0. The molecule has 2 aromatic rings. The van der Waals surface area contributed by atoms with Crippen molar-refractivity contribution in [3.8, 4) is 0 Å². The average Bonchev–Trinajstić information content (AvgIpc) is 2.47. The molecule has 0 saturated carbocycles. The molecule has 5 heteroatoms. The summed E-state index contributed by atoms with van der Waals surface area (Å²) >= 11 is 0. The molecule has 0 amide bonds. The van der Waals surface area contributed by atoms with Gasteiger partial charge in [0, 0.05) is 5.69 Å². The molecule has 0 spiro atoms. The van der Waals surface area contributed by atoms with Crippen molar-refractivity contribution >= 4 is 11.7 Å². The van der Waals surface area contributed by atoms with Gasteiger partial charge in [-0.15, -0.1) is 0 Å². The summed E-state index contributed by atoms with van der Waals surface area (Å²) in [4.78, 5) is 12.0. The molecule has 1 unspecified atom stereocenters. The highest BCUT2D eigenvalue weighted by atomic mass is 19.1. The van der Waals surface area contributed by atoms with Gasteiger partial charge in [0.05, 0.1) is 6.61 Å². The highest BCUT2D eigenvalue weighted by Gasteiger charge is 2.22. The van der Waals surface area contributed by atoms with Crippen molar-refractivity contribution in [3.63, 3.8) is 0 Å². The molecular weight excluding hydrogens is 276 g/mol. The molecule has 2 aromatic carbocycles. The molecule has 0 aliphatic rings. The van der Waals surface area contributed by atoms with Crippen molar-refractivity contribution < 1.29 is 18.3 Å². The number of rotatable bonds is 5. The van der Waals surface area contributed by atoms with E-state index in [-0.39, 0.29) is 12.4 Å². The molecular formula is C16H15F2NO2. The van der Waals surface area contributed by atoms with E-state index in [1.165, 1.54) is 42.5 Å². The summed E-state index contributed by atoms with van der Waals surface area (Å²) < 4.78 is 31.2. The first kappa shape index (κ1) is 15.0. The van der Waals surface area contributed by atoms with Gasteiger partial charge in [-0.3, -0.25) is 0 Å². The topological polar surface area (TPSA) is 38.3 Å². The third-order valence-electron chi connectivity index (χ3n) is 2.86. The van der Waals surface area contributed by atoms with Gasteiger partial charge in [-0.25, -0.2) is 13.6 Å². The van der Waals surface area contributed by atoms with Crippen molar-refractivity contribution in [2.24, 2.45) is 0 Å². The largest absolute Gasteiger partial charge is 0.464 e. The minimum absolute atomic E-state index is 0.218. The zero-order valence-electron chi connectivity index (χ0n) is 11.5. The SMILES string of the molecule is CCOC(=O)C(Nc1ccc(F)cc1)c1cccc(F)c1. The van der Waals surface area contributed by atoms with E-state index in [1.54, 1.807) is 13.0 Å². The first-order valence-corrected chi connectivity index (χ1v) is 6.54. The van der Waals surface area contributed by atoms with Gasteiger partial charge in [0.25, 0.3) is 0 Å². The molecule has 2 rings (SSSR count). The molecule has 3 nitrogen and oxygen atoms in total. The third kappa shape index (κ3) is 4.02. The Morgan fingerprint density at radius 1 is 1.14 bits per heavy atom. The van der Waals surface area contributed by atoms with Crippen LogP contribution in [0.1, 0.15) is 18.5 Å². The zero-order chi connectivity index (χ0) is 15.2. The number of anilines is 1. The maximum Gasteiger partial charge on any atom is 0.333 e. The predicted octanol–water partition coefficient (Wildman–Crippen LogP) is 3.68. The van der Waals surface area contributed by atoms with E-state index >= 15 is 0 Å². The van der Waals surface area contributed by atoms with Crippen molar-refractivity contribution in [2.45, 2.75) is 13.0 Å². The number of ether oxygens (including phenoxy) is 1. The Kier molecular flexibility index (Phi) is 4.87. The number of nitrogens with one attached hydrogen (secondary N) is 1. The molecule has 0 fully saturated rings. The van der Waals surface area contributed by atoms with E-state index in [2.05, 4.69) is 5.32 Å². The van der Waals surface area contributed by atoms with Crippen LogP contribution in [0.4, 0.5) is 14.5 Å². The fourth-order valence-electron chi connectivity index (χ4n) is 1.90. The van der Waals surface area contributed by atoms with Gasteiger partial charge in [0.2, 0.25) is 0 Å². The van der Waals surface area contributed by atoms with E-state index < -0.39 is 17.8 Å². The number of hydrogen-bond donors (Lipinski definition) is 1. The van der Waals surface area contributed by atoms with Crippen LogP contribution in [-0.4, -0.2) is 12.6 Å². The first-order chi connectivity index (χ1) is 10.1. The summed E-state index contributed by atoms with van der Waals surface area (Å²) in [6.45, 7) is 1.91. The second kappa shape index (κ2) is 6.83. The second-order valence-electron chi connectivity index (χ2n) is 4.39. The Balaban J connectivity index is 2.27. The zero-order valence-corrected chi connectivity index (χ0v) is 11.5. The maximum absolute atomic E-state index is 13.3. The summed E-state index contributed by atoms with van der Waals surface area (Å²) in [5.74, 6) is -1.34. The maximum atomic E-state index is 13.3. The monoisotopic (exact) mass is 291 g/mol. The van der Waals surface area contributed by atoms with Gasteiger partial charge in [-0.05, 0) is 48.9 Å². The number of carbonyl (C=O) groups excluding carboxylic acids is 1. The Bertz CT molecular complexity index is 614. The van der Waals surface area contributed by atoms with Crippen LogP contribution in [0.15, 0.2) is 48.5 Å². The van der Waals surface area contributed by atoms with Gasteiger partial charge >= 0.3 is 5.97 Å². The second-order valence-corrected chi connectivity index (χ2v) is 4.39. The molecule has 21 heavy (non-hydrogen) atoms. The summed E-state index contributed by atoms with van der Waals surface area (Å²) in [5.41, 5.74) is 0.983. The lowest BCUT2D eigenvalue weighted by molar-refractivity contribution is -0.144. The van der Waals surface area contributed by atoms with Gasteiger partial charge in [0.15, 0.2) is 6.04 Å². The van der Waals surface area contributed by atoms with Crippen LogP contribution in [0.3, 0.4) is 0 Å². The smallest absolute Gasteiger partial charge is 0.333 e. The molecule has 1 N–H and O–H groups in total. The number of benzene rings is 2. The van der Waals surface area contributed by atoms with E-state index in [9.17, 15) is 13.6 Å². The van der Waals surface area contributed by atoms with Crippen LogP contribution in [0.2, 0.25) is 0 Å². The van der Waals surface area contributed by atoms with Crippen molar-refractivity contribution in [3.05, 3.63) is 65.7 Å². The van der Waals surface area contributed by atoms with Crippen LogP contribution in [0, 0.1) is 11.6 Å². The lowest BCUT2D eigenvalue weighted by Crippen LogP contribution is -2.23. The molecule has 0 aromatic heterocycles. The van der Waals surface area contributed by atoms with Gasteiger partial charge in [-0.1, -0.05) is 12.1 Å². The summed E-state index contributed by atoms with van der Waals surface area (Å²) in [5, 5.41) is 2.93. The van der Waals surface area contributed by atoms with Crippen LogP contribution < -0.4 is 5.32 Å². The molecule has 110 valence electrons. The van der Waals surface area contributed by atoms with Crippen LogP contribution in [0.5, 0.6) is 0 Å².